The first-order chi connectivity index (χ1) is 12.1. The van der Waals surface area contributed by atoms with E-state index < -0.39 is 5.97 Å². The number of hydrogen-bond acceptors (Lipinski definition) is 4. The molecule has 126 valence electrons. The van der Waals surface area contributed by atoms with Crippen LogP contribution in [0.15, 0.2) is 71.3 Å². The molecule has 0 fully saturated rings. The molecule has 3 aromatic rings. The summed E-state index contributed by atoms with van der Waals surface area (Å²) in [6.45, 7) is 2.20. The third kappa shape index (κ3) is 4.14. The lowest BCUT2D eigenvalue weighted by Crippen LogP contribution is -2.11. The van der Waals surface area contributed by atoms with E-state index >= 15 is 0 Å². The van der Waals surface area contributed by atoms with Gasteiger partial charge in [-0.05, 0) is 54.4 Å². The second-order valence-corrected chi connectivity index (χ2v) is 5.51. The number of aryl methyl sites for hydroxylation is 1. The van der Waals surface area contributed by atoms with Crippen molar-refractivity contribution in [2.45, 2.75) is 13.5 Å². The zero-order valence-electron chi connectivity index (χ0n) is 13.7. The number of anilines is 1. The molecule has 1 heterocycles. The lowest BCUT2D eigenvalue weighted by Gasteiger charge is -2.08. The number of rotatable bonds is 5. The molecule has 2 aromatic carbocycles. The molecule has 5 heteroatoms. The average molecular weight is 335 g/mol. The van der Waals surface area contributed by atoms with E-state index in [-0.39, 0.29) is 18.3 Å². The van der Waals surface area contributed by atoms with Crippen LogP contribution in [-0.4, -0.2) is 11.9 Å². The molecular formula is C20H17NO4. The zero-order chi connectivity index (χ0) is 17.6. The van der Waals surface area contributed by atoms with Crippen LogP contribution in [0.3, 0.4) is 0 Å². The fourth-order valence-corrected chi connectivity index (χ4v) is 2.29. The number of carbonyl (C=O) groups excluding carboxylic acids is 2. The van der Waals surface area contributed by atoms with Crippen LogP contribution in [0.1, 0.15) is 32.0 Å². The van der Waals surface area contributed by atoms with Crippen molar-refractivity contribution in [3.05, 3.63) is 89.4 Å². The normalized spacial score (nSPS) is 10.3. The number of carbonyl (C=O) groups is 2. The van der Waals surface area contributed by atoms with Gasteiger partial charge in [-0.3, -0.25) is 4.79 Å². The van der Waals surface area contributed by atoms with E-state index in [0.29, 0.717) is 11.3 Å². The van der Waals surface area contributed by atoms with Crippen LogP contribution in [0.5, 0.6) is 0 Å². The third-order valence-corrected chi connectivity index (χ3v) is 3.74. The lowest BCUT2D eigenvalue weighted by atomic mass is 10.1. The molecule has 1 aromatic heterocycles. The number of benzene rings is 2. The van der Waals surface area contributed by atoms with Crippen molar-refractivity contribution in [1.29, 1.82) is 0 Å². The van der Waals surface area contributed by atoms with Crippen LogP contribution in [0.2, 0.25) is 0 Å². The fourth-order valence-electron chi connectivity index (χ4n) is 2.29. The molecule has 0 aliphatic carbocycles. The highest BCUT2D eigenvalue weighted by Crippen LogP contribution is 2.14. The summed E-state index contributed by atoms with van der Waals surface area (Å²) in [6.07, 6.45) is 1.43. The number of esters is 1. The molecule has 0 bridgehead atoms. The van der Waals surface area contributed by atoms with E-state index in [0.717, 1.165) is 11.1 Å². The molecule has 1 N–H and O–H groups in total. The van der Waals surface area contributed by atoms with Gasteiger partial charge in [-0.25, -0.2) is 4.79 Å². The van der Waals surface area contributed by atoms with Crippen LogP contribution < -0.4 is 5.32 Å². The molecule has 0 radical (unpaired) electrons. The monoisotopic (exact) mass is 335 g/mol. The zero-order valence-corrected chi connectivity index (χ0v) is 13.7. The summed E-state index contributed by atoms with van der Waals surface area (Å²) in [6, 6.07) is 17.5. The number of hydrogen-bond donors (Lipinski definition) is 1. The van der Waals surface area contributed by atoms with E-state index in [9.17, 15) is 9.59 Å². The minimum atomic E-state index is -0.410. The van der Waals surface area contributed by atoms with E-state index in [1.807, 2.05) is 31.2 Å². The minimum absolute atomic E-state index is 0.224. The molecule has 0 saturated carbocycles. The van der Waals surface area contributed by atoms with E-state index in [4.69, 9.17) is 9.15 Å². The van der Waals surface area contributed by atoms with Crippen molar-refractivity contribution in [3.8, 4) is 0 Å². The van der Waals surface area contributed by atoms with Gasteiger partial charge < -0.3 is 14.5 Å². The van der Waals surface area contributed by atoms with E-state index in [1.54, 1.807) is 36.4 Å². The van der Waals surface area contributed by atoms with Crippen molar-refractivity contribution < 1.29 is 18.7 Å². The summed E-state index contributed by atoms with van der Waals surface area (Å²) < 4.78 is 10.4. The molecule has 5 nitrogen and oxygen atoms in total. The van der Waals surface area contributed by atoms with Crippen molar-refractivity contribution in [2.75, 3.05) is 5.32 Å². The van der Waals surface area contributed by atoms with Crippen LogP contribution in [-0.2, 0) is 11.3 Å². The standard InChI is InChI=1S/C20H17NO4/c1-14-5-2-3-6-16(14)13-25-20(23)15-8-10-17(11-9-15)21-19(22)18-7-4-12-24-18/h2-12H,13H2,1H3,(H,21,22). The Morgan fingerprint density at radius 2 is 1.76 bits per heavy atom. The first kappa shape index (κ1) is 16.5. The summed E-state index contributed by atoms with van der Waals surface area (Å²) >= 11 is 0. The van der Waals surface area contributed by atoms with Gasteiger partial charge in [0, 0.05) is 5.69 Å². The minimum Gasteiger partial charge on any atom is -0.459 e. The molecule has 0 aliphatic rings. The summed E-state index contributed by atoms with van der Waals surface area (Å²) in [5.74, 6) is -0.534. The topological polar surface area (TPSA) is 68.5 Å². The Morgan fingerprint density at radius 1 is 1.00 bits per heavy atom. The van der Waals surface area contributed by atoms with E-state index in [1.165, 1.54) is 6.26 Å². The molecule has 1 amide bonds. The van der Waals surface area contributed by atoms with Crippen molar-refractivity contribution in [2.24, 2.45) is 0 Å². The largest absolute Gasteiger partial charge is 0.459 e. The summed E-state index contributed by atoms with van der Waals surface area (Å²) in [5.41, 5.74) is 3.03. The maximum Gasteiger partial charge on any atom is 0.338 e. The maximum absolute atomic E-state index is 12.1. The average Bonchev–Trinajstić information content (AvgIpc) is 3.16. The van der Waals surface area contributed by atoms with Gasteiger partial charge in [0.1, 0.15) is 6.61 Å². The summed E-state index contributed by atoms with van der Waals surface area (Å²) in [5, 5.41) is 2.69. The second kappa shape index (κ2) is 7.49. The maximum atomic E-state index is 12.1. The van der Waals surface area contributed by atoms with Gasteiger partial charge in [-0.2, -0.15) is 0 Å². The molecule has 0 spiro atoms. The molecule has 25 heavy (non-hydrogen) atoms. The number of ether oxygens (including phenoxy) is 1. The second-order valence-electron chi connectivity index (χ2n) is 5.51. The van der Waals surface area contributed by atoms with Gasteiger partial charge in [0.05, 0.1) is 11.8 Å². The van der Waals surface area contributed by atoms with Gasteiger partial charge in [-0.15, -0.1) is 0 Å². The highest BCUT2D eigenvalue weighted by molar-refractivity contribution is 6.02. The SMILES string of the molecule is Cc1ccccc1COC(=O)c1ccc(NC(=O)c2ccco2)cc1. The molecular weight excluding hydrogens is 318 g/mol. The summed E-state index contributed by atoms with van der Waals surface area (Å²) in [7, 11) is 0. The summed E-state index contributed by atoms with van der Waals surface area (Å²) in [4.78, 5) is 24.0. The molecule has 0 saturated heterocycles. The Kier molecular flexibility index (Phi) is 4.95. The Morgan fingerprint density at radius 3 is 2.44 bits per heavy atom. The smallest absolute Gasteiger partial charge is 0.338 e. The van der Waals surface area contributed by atoms with Crippen molar-refractivity contribution >= 4 is 17.6 Å². The first-order valence-electron chi connectivity index (χ1n) is 7.80. The van der Waals surface area contributed by atoms with Crippen molar-refractivity contribution in [1.82, 2.24) is 0 Å². The molecule has 0 aliphatic heterocycles. The predicted octanol–water partition coefficient (Wildman–Crippen LogP) is 4.20. The molecule has 3 rings (SSSR count). The van der Waals surface area contributed by atoms with Crippen LogP contribution >= 0.6 is 0 Å². The lowest BCUT2D eigenvalue weighted by molar-refractivity contribution is 0.0472. The third-order valence-electron chi connectivity index (χ3n) is 3.74. The Hall–Kier alpha value is -3.34. The Bertz CT molecular complexity index is 867. The van der Waals surface area contributed by atoms with Gasteiger partial charge in [0.25, 0.3) is 5.91 Å². The Balaban J connectivity index is 1.59. The Labute approximate surface area is 145 Å². The number of furan rings is 1. The number of nitrogens with one attached hydrogen (secondary N) is 1. The highest BCUT2D eigenvalue weighted by atomic mass is 16.5. The predicted molar refractivity (Wildman–Crippen MR) is 93.4 cm³/mol. The number of amides is 1. The fraction of sp³-hybridized carbons (Fsp3) is 0.100. The molecule has 0 atom stereocenters. The van der Waals surface area contributed by atoms with Gasteiger partial charge >= 0.3 is 5.97 Å². The van der Waals surface area contributed by atoms with Gasteiger partial charge in [0.2, 0.25) is 0 Å². The van der Waals surface area contributed by atoms with Crippen molar-refractivity contribution in [3.63, 3.8) is 0 Å². The van der Waals surface area contributed by atoms with Crippen LogP contribution in [0.25, 0.3) is 0 Å². The van der Waals surface area contributed by atoms with E-state index in [2.05, 4.69) is 5.32 Å². The van der Waals surface area contributed by atoms with Gasteiger partial charge in [-0.1, -0.05) is 24.3 Å². The first-order valence-corrected chi connectivity index (χ1v) is 7.80. The van der Waals surface area contributed by atoms with Crippen LogP contribution in [0.4, 0.5) is 5.69 Å². The highest BCUT2D eigenvalue weighted by Gasteiger charge is 2.11. The molecule has 0 unspecified atom stereocenters. The quantitative estimate of drug-likeness (QED) is 0.710. The van der Waals surface area contributed by atoms with Gasteiger partial charge in [0.15, 0.2) is 5.76 Å². The van der Waals surface area contributed by atoms with Crippen LogP contribution in [0, 0.1) is 6.92 Å².